The first-order chi connectivity index (χ1) is 13.2. The minimum atomic E-state index is -0.380. The number of carbonyl (C=O) groups is 2. The number of halogens is 2. The van der Waals surface area contributed by atoms with Crippen molar-refractivity contribution in [3.63, 3.8) is 0 Å². The van der Waals surface area contributed by atoms with E-state index in [0.717, 1.165) is 15.7 Å². The molecule has 0 saturated heterocycles. The van der Waals surface area contributed by atoms with Gasteiger partial charge in [-0.1, -0.05) is 41.4 Å². The summed E-state index contributed by atoms with van der Waals surface area (Å²) in [7, 11) is 0. The van der Waals surface area contributed by atoms with E-state index in [1.807, 2.05) is 26.0 Å². The first-order valence-corrected chi connectivity index (χ1v) is 10.1. The lowest BCUT2D eigenvalue weighted by Gasteiger charge is -2.09. The van der Waals surface area contributed by atoms with E-state index in [4.69, 9.17) is 11.6 Å². The van der Waals surface area contributed by atoms with Gasteiger partial charge in [0.2, 0.25) is 11.8 Å². The van der Waals surface area contributed by atoms with Gasteiger partial charge in [0.15, 0.2) is 0 Å². The Balaban J connectivity index is 1.91. The van der Waals surface area contributed by atoms with E-state index in [1.165, 1.54) is 6.08 Å². The molecule has 2 amide bonds. The van der Waals surface area contributed by atoms with Crippen LogP contribution in [0, 0.1) is 19.8 Å². The first kappa shape index (κ1) is 22.2. The van der Waals surface area contributed by atoms with Gasteiger partial charge in [-0.05, 0) is 49.6 Å². The van der Waals surface area contributed by atoms with Crippen LogP contribution < -0.4 is 10.6 Å². The molecule has 0 spiro atoms. The lowest BCUT2D eigenvalue weighted by molar-refractivity contribution is -0.121. The van der Waals surface area contributed by atoms with Crippen LogP contribution in [-0.4, -0.2) is 28.1 Å². The number of aryl methyl sites for hydroxylation is 2. The molecule has 2 rings (SSSR count). The molecule has 28 heavy (non-hydrogen) atoms. The monoisotopic (exact) mass is 466 g/mol. The molecule has 0 aliphatic rings. The van der Waals surface area contributed by atoms with E-state index in [0.29, 0.717) is 28.9 Å². The molecule has 0 saturated carbocycles. The average Bonchev–Trinajstić information content (AvgIpc) is 2.86. The summed E-state index contributed by atoms with van der Waals surface area (Å²) in [6, 6.07) is 5.55. The lowest BCUT2D eigenvalue weighted by Crippen LogP contribution is -2.31. The fourth-order valence-corrected chi connectivity index (χ4v) is 3.35. The zero-order valence-corrected chi connectivity index (χ0v) is 18.7. The van der Waals surface area contributed by atoms with Crippen molar-refractivity contribution in [1.29, 1.82) is 0 Å². The van der Waals surface area contributed by atoms with Crippen LogP contribution in [0.1, 0.15) is 30.7 Å². The van der Waals surface area contributed by atoms with Crippen LogP contribution in [0.3, 0.4) is 0 Å². The van der Waals surface area contributed by atoms with E-state index in [9.17, 15) is 9.59 Å². The lowest BCUT2D eigenvalue weighted by atomic mass is 10.2. The van der Waals surface area contributed by atoms with Crippen molar-refractivity contribution in [2.24, 2.45) is 5.92 Å². The minimum absolute atomic E-state index is 0.127. The number of carbonyl (C=O) groups excluding carboxylic acids is 2. The Morgan fingerprint density at radius 1 is 1.32 bits per heavy atom. The van der Waals surface area contributed by atoms with Crippen molar-refractivity contribution in [2.75, 3.05) is 11.9 Å². The fourth-order valence-electron chi connectivity index (χ4n) is 2.57. The maximum absolute atomic E-state index is 12.0. The molecule has 0 aliphatic heterocycles. The topological polar surface area (TPSA) is 76.0 Å². The Bertz CT molecular complexity index is 906. The average molecular weight is 468 g/mol. The maximum Gasteiger partial charge on any atom is 0.244 e. The highest BCUT2D eigenvalue weighted by molar-refractivity contribution is 9.10. The second-order valence-electron chi connectivity index (χ2n) is 6.92. The smallest absolute Gasteiger partial charge is 0.244 e. The summed E-state index contributed by atoms with van der Waals surface area (Å²) in [5, 5.41) is 10.2. The number of benzene rings is 1. The van der Waals surface area contributed by atoms with Gasteiger partial charge in [-0.15, -0.1) is 0 Å². The second kappa shape index (κ2) is 9.89. The van der Waals surface area contributed by atoms with Gasteiger partial charge >= 0.3 is 0 Å². The number of anilines is 1. The summed E-state index contributed by atoms with van der Waals surface area (Å²) in [6.07, 6.45) is 2.97. The molecule has 0 aliphatic carbocycles. The molecule has 0 unspecified atom stereocenters. The van der Waals surface area contributed by atoms with Crippen LogP contribution in [0.5, 0.6) is 0 Å². The fraction of sp³-hybridized carbons (Fsp3) is 0.350. The van der Waals surface area contributed by atoms with Gasteiger partial charge in [0.1, 0.15) is 5.15 Å². The van der Waals surface area contributed by atoms with Crippen molar-refractivity contribution in [3.8, 4) is 0 Å². The third-order valence-electron chi connectivity index (χ3n) is 3.93. The van der Waals surface area contributed by atoms with Gasteiger partial charge in [0.05, 0.1) is 12.2 Å². The van der Waals surface area contributed by atoms with E-state index in [2.05, 4.69) is 45.5 Å². The maximum atomic E-state index is 12.0. The van der Waals surface area contributed by atoms with E-state index in [1.54, 1.807) is 16.8 Å². The molecule has 0 atom stereocenters. The summed E-state index contributed by atoms with van der Waals surface area (Å²) < 4.78 is 2.67. The molecule has 0 fully saturated rings. The summed E-state index contributed by atoms with van der Waals surface area (Å²) in [4.78, 5) is 24.1. The Hall–Kier alpha value is -2.12. The summed E-state index contributed by atoms with van der Waals surface area (Å²) in [5.74, 6) is -0.273. The second-order valence-corrected chi connectivity index (χ2v) is 8.20. The van der Waals surface area contributed by atoms with Crippen molar-refractivity contribution in [3.05, 3.63) is 50.7 Å². The molecule has 150 valence electrons. The van der Waals surface area contributed by atoms with Gasteiger partial charge in [-0.2, -0.15) is 5.10 Å². The van der Waals surface area contributed by atoms with Gasteiger partial charge in [-0.3, -0.25) is 14.3 Å². The molecular weight excluding hydrogens is 444 g/mol. The highest BCUT2D eigenvalue weighted by Gasteiger charge is 2.12. The zero-order chi connectivity index (χ0) is 20.8. The number of nitrogens with one attached hydrogen (secondary N) is 2. The SMILES string of the molecule is Cc1cc(Br)ccc1NC(=O)CNC(=O)/C=C/c1c(C)nn(CC(C)C)c1Cl. The van der Waals surface area contributed by atoms with Crippen LogP contribution in [0.15, 0.2) is 28.7 Å². The number of hydrogen-bond acceptors (Lipinski definition) is 3. The Morgan fingerprint density at radius 3 is 2.68 bits per heavy atom. The molecule has 1 aromatic heterocycles. The largest absolute Gasteiger partial charge is 0.343 e. The number of aromatic nitrogens is 2. The highest BCUT2D eigenvalue weighted by Crippen LogP contribution is 2.22. The summed E-state index contributed by atoms with van der Waals surface area (Å²) in [5.41, 5.74) is 3.08. The summed E-state index contributed by atoms with van der Waals surface area (Å²) in [6.45, 7) is 8.48. The number of rotatable bonds is 7. The molecule has 6 nitrogen and oxygen atoms in total. The number of nitrogens with zero attached hydrogens (tertiary/aromatic N) is 2. The predicted octanol–water partition coefficient (Wildman–Crippen LogP) is 4.34. The van der Waals surface area contributed by atoms with Crippen molar-refractivity contribution >= 4 is 51.1 Å². The van der Waals surface area contributed by atoms with Crippen molar-refractivity contribution in [1.82, 2.24) is 15.1 Å². The number of amides is 2. The van der Waals surface area contributed by atoms with Crippen molar-refractivity contribution in [2.45, 2.75) is 34.2 Å². The first-order valence-electron chi connectivity index (χ1n) is 8.92. The highest BCUT2D eigenvalue weighted by atomic mass is 79.9. The van der Waals surface area contributed by atoms with Crippen LogP contribution in [0.25, 0.3) is 6.08 Å². The van der Waals surface area contributed by atoms with Crippen LogP contribution >= 0.6 is 27.5 Å². The Labute approximate surface area is 178 Å². The third-order valence-corrected chi connectivity index (χ3v) is 4.83. The zero-order valence-electron chi connectivity index (χ0n) is 16.3. The Morgan fingerprint density at radius 2 is 2.04 bits per heavy atom. The van der Waals surface area contributed by atoms with Gasteiger partial charge in [0, 0.05) is 28.3 Å². The molecular formula is C20H24BrClN4O2. The number of hydrogen-bond donors (Lipinski definition) is 2. The van der Waals surface area contributed by atoms with Crippen LogP contribution in [0.2, 0.25) is 5.15 Å². The molecule has 2 aromatic rings. The van der Waals surface area contributed by atoms with E-state index < -0.39 is 0 Å². The normalized spacial score (nSPS) is 11.2. The van der Waals surface area contributed by atoms with Gasteiger partial charge < -0.3 is 10.6 Å². The van der Waals surface area contributed by atoms with Gasteiger partial charge in [0.25, 0.3) is 0 Å². The van der Waals surface area contributed by atoms with Crippen molar-refractivity contribution < 1.29 is 9.59 Å². The standard InChI is InChI=1S/C20H24BrClN4O2/c1-12(2)11-26-20(22)16(14(4)25-26)6-8-18(27)23-10-19(28)24-17-7-5-15(21)9-13(17)3/h5-9,12H,10-11H2,1-4H3,(H,23,27)(H,24,28)/b8-6+. The van der Waals surface area contributed by atoms with E-state index in [-0.39, 0.29) is 18.4 Å². The predicted molar refractivity (Wildman–Crippen MR) is 116 cm³/mol. The molecule has 1 heterocycles. The molecule has 8 heteroatoms. The van der Waals surface area contributed by atoms with E-state index >= 15 is 0 Å². The minimum Gasteiger partial charge on any atom is -0.343 e. The summed E-state index contributed by atoms with van der Waals surface area (Å²) >= 11 is 9.73. The Kier molecular flexibility index (Phi) is 7.83. The molecule has 0 bridgehead atoms. The van der Waals surface area contributed by atoms with Crippen LogP contribution in [0.4, 0.5) is 5.69 Å². The van der Waals surface area contributed by atoms with Crippen LogP contribution in [-0.2, 0) is 16.1 Å². The molecule has 1 aromatic carbocycles. The van der Waals surface area contributed by atoms with Gasteiger partial charge in [-0.25, -0.2) is 0 Å². The quantitative estimate of drug-likeness (QED) is 0.595. The molecule has 0 radical (unpaired) electrons. The third kappa shape index (κ3) is 6.21. The molecule has 2 N–H and O–H groups in total.